The molecular weight excluding hydrogens is 400 g/mol. The van der Waals surface area contributed by atoms with Crippen LogP contribution in [-0.2, 0) is 6.42 Å². The van der Waals surface area contributed by atoms with Gasteiger partial charge in [-0.3, -0.25) is 4.98 Å². The van der Waals surface area contributed by atoms with Crippen molar-refractivity contribution in [1.29, 1.82) is 0 Å². The lowest BCUT2D eigenvalue weighted by molar-refractivity contribution is 0.287. The van der Waals surface area contributed by atoms with Crippen LogP contribution in [0.15, 0.2) is 54.7 Å². The molecule has 0 amide bonds. The minimum Gasteiger partial charge on any atom is -0.352 e. The van der Waals surface area contributed by atoms with E-state index in [1.807, 2.05) is 12.3 Å². The first-order valence-electron chi connectivity index (χ1n) is 11.2. The molecule has 0 radical (unpaired) electrons. The maximum atomic E-state index is 5.81. The highest BCUT2D eigenvalue weighted by molar-refractivity contribution is 7.80. The zero-order valence-electron chi connectivity index (χ0n) is 19.1. The lowest BCUT2D eigenvalue weighted by Gasteiger charge is -2.29. The van der Waals surface area contributed by atoms with E-state index in [4.69, 9.17) is 12.2 Å². The maximum Gasteiger partial charge on any atom is 0.170 e. The fourth-order valence-electron chi connectivity index (χ4n) is 4.82. The van der Waals surface area contributed by atoms with Crippen molar-refractivity contribution >= 4 is 17.3 Å². The third kappa shape index (κ3) is 3.99. The van der Waals surface area contributed by atoms with Gasteiger partial charge in [0.05, 0.1) is 17.8 Å². The van der Waals surface area contributed by atoms with Crippen LogP contribution in [0.4, 0.5) is 0 Å². The van der Waals surface area contributed by atoms with Crippen molar-refractivity contribution in [2.24, 2.45) is 5.92 Å². The summed E-state index contributed by atoms with van der Waals surface area (Å²) in [5, 5.41) is 4.39. The van der Waals surface area contributed by atoms with E-state index >= 15 is 0 Å². The third-order valence-electron chi connectivity index (χ3n) is 6.16. The van der Waals surface area contributed by atoms with Gasteiger partial charge in [0.25, 0.3) is 0 Å². The molecule has 5 heteroatoms. The number of hydrogen-bond acceptors (Lipinski definition) is 2. The Hall–Kier alpha value is -2.66. The molecule has 1 saturated heterocycles. The lowest BCUT2D eigenvalue weighted by Crippen LogP contribution is -2.33. The molecule has 1 aromatic carbocycles. The van der Waals surface area contributed by atoms with Crippen LogP contribution in [0.25, 0.3) is 5.69 Å². The molecule has 1 N–H and O–H groups in total. The van der Waals surface area contributed by atoms with E-state index in [9.17, 15) is 0 Å². The molecule has 3 heterocycles. The summed E-state index contributed by atoms with van der Waals surface area (Å²) in [6, 6.07) is 17.3. The smallest absolute Gasteiger partial charge is 0.170 e. The van der Waals surface area contributed by atoms with Gasteiger partial charge in [0.2, 0.25) is 0 Å². The Morgan fingerprint density at radius 3 is 2.52 bits per heavy atom. The van der Waals surface area contributed by atoms with E-state index in [1.165, 1.54) is 28.2 Å². The van der Waals surface area contributed by atoms with Gasteiger partial charge >= 0.3 is 0 Å². The SMILES string of the molecule is CCc1ccccc1-n1c(C)cc(C2C(c3ccccn3)NC(=S)N2CC(C)C)c1C. The molecule has 0 aliphatic carbocycles. The number of para-hydroxylation sites is 1. The van der Waals surface area contributed by atoms with Gasteiger partial charge in [0, 0.05) is 29.8 Å². The Morgan fingerprint density at radius 2 is 1.84 bits per heavy atom. The number of benzene rings is 1. The number of nitrogens with zero attached hydrogens (tertiary/aromatic N) is 3. The minimum absolute atomic E-state index is 0.0304. The molecule has 1 aliphatic rings. The summed E-state index contributed by atoms with van der Waals surface area (Å²) in [6.07, 6.45) is 2.87. The Balaban J connectivity index is 1.86. The van der Waals surface area contributed by atoms with E-state index in [1.54, 1.807) is 0 Å². The van der Waals surface area contributed by atoms with Gasteiger partial charge in [-0.1, -0.05) is 45.0 Å². The second kappa shape index (κ2) is 8.83. The van der Waals surface area contributed by atoms with Crippen LogP contribution in [-0.4, -0.2) is 26.1 Å². The highest BCUT2D eigenvalue weighted by Gasteiger charge is 2.41. The minimum atomic E-state index is 0.0304. The summed E-state index contributed by atoms with van der Waals surface area (Å²) in [7, 11) is 0. The second-order valence-corrected chi connectivity index (χ2v) is 9.20. The summed E-state index contributed by atoms with van der Waals surface area (Å²) in [5.41, 5.74) is 7.48. The molecule has 2 aromatic heterocycles. The van der Waals surface area contributed by atoms with Gasteiger partial charge in [0.1, 0.15) is 0 Å². The first-order chi connectivity index (χ1) is 14.9. The fraction of sp³-hybridized carbons (Fsp3) is 0.385. The number of aromatic nitrogens is 2. The van der Waals surface area contributed by atoms with Gasteiger partial charge in [0.15, 0.2) is 5.11 Å². The summed E-state index contributed by atoms with van der Waals surface area (Å²) in [6.45, 7) is 12.1. The number of rotatable bonds is 6. The largest absolute Gasteiger partial charge is 0.352 e. The number of thiocarbonyl (C=S) groups is 1. The number of aryl methyl sites for hydroxylation is 2. The van der Waals surface area contributed by atoms with E-state index in [-0.39, 0.29) is 12.1 Å². The summed E-state index contributed by atoms with van der Waals surface area (Å²) >= 11 is 5.81. The molecule has 4 rings (SSSR count). The fourth-order valence-corrected chi connectivity index (χ4v) is 5.13. The van der Waals surface area contributed by atoms with Gasteiger partial charge in [-0.2, -0.15) is 0 Å². The Labute approximate surface area is 191 Å². The van der Waals surface area contributed by atoms with Crippen molar-refractivity contribution in [3.63, 3.8) is 0 Å². The van der Waals surface area contributed by atoms with E-state index < -0.39 is 0 Å². The summed E-state index contributed by atoms with van der Waals surface area (Å²) < 4.78 is 2.40. The van der Waals surface area contributed by atoms with Crippen LogP contribution in [0, 0.1) is 19.8 Å². The van der Waals surface area contributed by atoms with E-state index in [2.05, 4.69) is 96.9 Å². The average molecular weight is 433 g/mol. The van der Waals surface area contributed by atoms with Gasteiger partial charge in [-0.15, -0.1) is 0 Å². The van der Waals surface area contributed by atoms with E-state index in [0.29, 0.717) is 5.92 Å². The summed E-state index contributed by atoms with van der Waals surface area (Å²) in [4.78, 5) is 7.03. The zero-order chi connectivity index (χ0) is 22.1. The van der Waals surface area contributed by atoms with Crippen molar-refractivity contribution in [3.8, 4) is 5.69 Å². The highest BCUT2D eigenvalue weighted by atomic mass is 32.1. The standard InChI is InChI=1S/C26H32N4S/c1-6-20-11-7-8-13-23(20)30-18(4)15-21(19(30)5)25-24(22-12-9-10-14-27-22)28-26(31)29(25)16-17(2)3/h7-15,17,24-25H,6,16H2,1-5H3,(H,28,31). The third-order valence-corrected chi connectivity index (χ3v) is 6.51. The number of pyridine rings is 1. The zero-order valence-corrected chi connectivity index (χ0v) is 19.9. The quantitative estimate of drug-likeness (QED) is 0.508. The Bertz CT molecular complexity index is 1070. The molecule has 1 aliphatic heterocycles. The molecule has 0 spiro atoms. The van der Waals surface area contributed by atoms with Gasteiger partial charge < -0.3 is 14.8 Å². The predicted molar refractivity (Wildman–Crippen MR) is 132 cm³/mol. The van der Waals surface area contributed by atoms with Crippen LogP contribution in [0.2, 0.25) is 0 Å². The second-order valence-electron chi connectivity index (χ2n) is 8.82. The normalized spacial score (nSPS) is 18.6. The van der Waals surface area contributed by atoms with Crippen molar-refractivity contribution in [3.05, 3.63) is 82.9 Å². The average Bonchev–Trinajstić information content (AvgIpc) is 3.23. The molecule has 0 saturated carbocycles. The van der Waals surface area contributed by atoms with Crippen LogP contribution in [0.1, 0.15) is 61.1 Å². The van der Waals surface area contributed by atoms with Crippen molar-refractivity contribution in [2.45, 2.75) is 53.1 Å². The molecule has 2 unspecified atom stereocenters. The van der Waals surface area contributed by atoms with Crippen molar-refractivity contribution < 1.29 is 0 Å². The highest BCUT2D eigenvalue weighted by Crippen LogP contribution is 2.41. The topological polar surface area (TPSA) is 33.1 Å². The molecule has 162 valence electrons. The first kappa shape index (κ1) is 21.6. The Morgan fingerprint density at radius 1 is 1.10 bits per heavy atom. The first-order valence-corrected chi connectivity index (χ1v) is 11.6. The van der Waals surface area contributed by atoms with Crippen LogP contribution >= 0.6 is 12.2 Å². The summed E-state index contributed by atoms with van der Waals surface area (Å²) in [5.74, 6) is 0.508. The molecule has 3 aromatic rings. The molecule has 1 fully saturated rings. The molecule has 31 heavy (non-hydrogen) atoms. The predicted octanol–water partition coefficient (Wildman–Crippen LogP) is 5.68. The lowest BCUT2D eigenvalue weighted by atomic mass is 9.96. The maximum absolute atomic E-state index is 5.81. The van der Waals surface area contributed by atoms with Crippen LogP contribution in [0.5, 0.6) is 0 Å². The molecular formula is C26H32N4S. The van der Waals surface area contributed by atoms with Gasteiger partial charge in [-0.05, 0) is 73.8 Å². The van der Waals surface area contributed by atoms with Crippen LogP contribution < -0.4 is 5.32 Å². The monoisotopic (exact) mass is 432 g/mol. The molecule has 2 atom stereocenters. The molecule has 0 bridgehead atoms. The Kier molecular flexibility index (Phi) is 6.15. The van der Waals surface area contributed by atoms with Crippen molar-refractivity contribution in [2.75, 3.05) is 6.54 Å². The number of nitrogens with one attached hydrogen (secondary N) is 1. The molecule has 4 nitrogen and oxygen atoms in total. The van der Waals surface area contributed by atoms with Gasteiger partial charge in [-0.25, -0.2) is 0 Å². The number of hydrogen-bond donors (Lipinski definition) is 1. The van der Waals surface area contributed by atoms with E-state index in [0.717, 1.165) is 23.8 Å². The van der Waals surface area contributed by atoms with Crippen LogP contribution in [0.3, 0.4) is 0 Å². The van der Waals surface area contributed by atoms with Crippen molar-refractivity contribution in [1.82, 2.24) is 19.8 Å².